The van der Waals surface area contributed by atoms with Crippen LogP contribution < -0.4 is 5.32 Å². The van der Waals surface area contributed by atoms with Gasteiger partial charge in [0, 0.05) is 31.3 Å². The van der Waals surface area contributed by atoms with Gasteiger partial charge < -0.3 is 34.3 Å². The van der Waals surface area contributed by atoms with Gasteiger partial charge in [0.05, 0.1) is 19.4 Å². The average molecular weight is 913 g/mol. The minimum atomic E-state index is -1.50. The maximum Gasteiger partial charge on any atom is 0.307 e. The van der Waals surface area contributed by atoms with Gasteiger partial charge in [-0.2, -0.15) is 0 Å². The van der Waals surface area contributed by atoms with Crippen molar-refractivity contribution in [2.75, 3.05) is 47.0 Å². The van der Waals surface area contributed by atoms with E-state index in [1.807, 2.05) is 19.0 Å². The molecule has 370 valence electrons. The van der Waals surface area contributed by atoms with Gasteiger partial charge in [-0.15, -0.1) is 0 Å². The minimum absolute atomic E-state index is 0.122. The van der Waals surface area contributed by atoms with E-state index in [4.69, 9.17) is 18.9 Å². The van der Waals surface area contributed by atoms with Crippen molar-refractivity contribution < 1.29 is 48.0 Å². The summed E-state index contributed by atoms with van der Waals surface area (Å²) in [5, 5.41) is 13.1. The van der Waals surface area contributed by atoms with Gasteiger partial charge in [0.2, 0.25) is 5.91 Å². The molecule has 2 N–H and O–H groups in total. The molecule has 0 radical (unpaired) electrons. The maximum atomic E-state index is 12.8. The van der Waals surface area contributed by atoms with Crippen LogP contribution in [0.5, 0.6) is 0 Å². The summed E-state index contributed by atoms with van der Waals surface area (Å²) in [4.78, 5) is 64.6. The van der Waals surface area contributed by atoms with Crippen LogP contribution in [0, 0.1) is 5.41 Å². The number of rotatable bonds is 41. The van der Waals surface area contributed by atoms with Crippen molar-refractivity contribution in [2.24, 2.45) is 5.41 Å². The van der Waals surface area contributed by atoms with Gasteiger partial charge in [-0.25, -0.2) is 0 Å². The largest absolute Gasteiger partial charge is 0.465 e. The van der Waals surface area contributed by atoms with Gasteiger partial charge in [0.15, 0.2) is 6.10 Å². The molecule has 0 aromatic heterocycles. The van der Waals surface area contributed by atoms with E-state index < -0.39 is 47.4 Å². The lowest BCUT2D eigenvalue weighted by molar-refractivity contribution is -0.167. The Morgan fingerprint density at radius 2 is 0.954 bits per heavy atom. The van der Waals surface area contributed by atoms with Crippen LogP contribution in [0.15, 0.2) is 72.9 Å². The van der Waals surface area contributed by atoms with E-state index in [0.29, 0.717) is 19.4 Å². The molecule has 0 aliphatic carbocycles. The molecule has 12 heteroatoms. The summed E-state index contributed by atoms with van der Waals surface area (Å²) in [7, 11) is 3.68. The number of ether oxygens (including phenoxy) is 4. The normalized spacial score (nSPS) is 13.2. The molecule has 0 aliphatic rings. The van der Waals surface area contributed by atoms with Gasteiger partial charge >= 0.3 is 23.9 Å². The molecule has 0 spiro atoms. The zero-order valence-corrected chi connectivity index (χ0v) is 41.2. The van der Waals surface area contributed by atoms with E-state index in [9.17, 15) is 29.1 Å². The predicted molar refractivity (Wildman–Crippen MR) is 262 cm³/mol. The summed E-state index contributed by atoms with van der Waals surface area (Å²) < 4.78 is 21.7. The van der Waals surface area contributed by atoms with Crippen LogP contribution in [0.2, 0.25) is 0 Å². The van der Waals surface area contributed by atoms with Gasteiger partial charge in [0.1, 0.15) is 19.3 Å². The SMILES string of the molecule is CC/C=C\C/C=C\C/C=C\CCCCCCCC(=O)OCC(COC(=O)CCNC(=O)[C@H](O)C(C)(C)COC(=O)CCN(C)C)OC(=O)CCCCCCC/C=C\C/C=C\C/C=C\CC. The van der Waals surface area contributed by atoms with Gasteiger partial charge in [0.25, 0.3) is 0 Å². The van der Waals surface area contributed by atoms with Gasteiger partial charge in [-0.1, -0.05) is 139 Å². The molecule has 65 heavy (non-hydrogen) atoms. The van der Waals surface area contributed by atoms with E-state index in [1.165, 1.54) is 0 Å². The van der Waals surface area contributed by atoms with E-state index in [-0.39, 0.29) is 52.0 Å². The summed E-state index contributed by atoms with van der Waals surface area (Å²) in [5.41, 5.74) is -1.07. The molecular formula is C53H88N2O10. The smallest absolute Gasteiger partial charge is 0.307 e. The van der Waals surface area contributed by atoms with Gasteiger partial charge in [-0.05, 0) is 91.1 Å². The van der Waals surface area contributed by atoms with Gasteiger partial charge in [-0.3, -0.25) is 24.0 Å². The molecule has 0 aromatic rings. The highest BCUT2D eigenvalue weighted by Crippen LogP contribution is 2.22. The highest BCUT2D eigenvalue weighted by molar-refractivity contribution is 5.82. The number of amides is 1. The average Bonchev–Trinajstić information content (AvgIpc) is 3.28. The van der Waals surface area contributed by atoms with Crippen molar-refractivity contribution in [3.8, 4) is 0 Å². The first-order valence-corrected chi connectivity index (χ1v) is 24.5. The Kier molecular flexibility index (Phi) is 39.6. The Balaban J connectivity index is 4.80. The molecule has 0 heterocycles. The highest BCUT2D eigenvalue weighted by Gasteiger charge is 2.35. The molecule has 1 amide bonds. The van der Waals surface area contributed by atoms with Crippen LogP contribution in [-0.4, -0.2) is 99.0 Å². The third-order valence-corrected chi connectivity index (χ3v) is 10.2. The number of nitrogens with zero attached hydrogens (tertiary/aromatic N) is 1. The quantitative estimate of drug-likeness (QED) is 0.0260. The molecule has 2 atom stereocenters. The van der Waals surface area contributed by atoms with Crippen molar-refractivity contribution in [3.05, 3.63) is 72.9 Å². The lowest BCUT2D eigenvalue weighted by Crippen LogP contribution is -2.46. The highest BCUT2D eigenvalue weighted by atomic mass is 16.6. The predicted octanol–water partition coefficient (Wildman–Crippen LogP) is 10.6. The zero-order valence-electron chi connectivity index (χ0n) is 41.2. The molecule has 0 fully saturated rings. The first-order valence-electron chi connectivity index (χ1n) is 24.5. The topological polar surface area (TPSA) is 158 Å². The second-order valence-electron chi connectivity index (χ2n) is 17.3. The third-order valence-electron chi connectivity index (χ3n) is 10.2. The van der Waals surface area contributed by atoms with Crippen molar-refractivity contribution in [2.45, 2.75) is 181 Å². The second-order valence-corrected chi connectivity index (χ2v) is 17.3. The number of carbonyl (C=O) groups is 5. The number of unbranched alkanes of at least 4 members (excludes halogenated alkanes) is 10. The maximum absolute atomic E-state index is 12.8. The van der Waals surface area contributed by atoms with Crippen LogP contribution >= 0.6 is 0 Å². The number of hydrogen-bond donors (Lipinski definition) is 2. The fourth-order valence-electron chi connectivity index (χ4n) is 6.13. The van der Waals surface area contributed by atoms with Crippen LogP contribution in [0.4, 0.5) is 0 Å². The van der Waals surface area contributed by atoms with E-state index in [2.05, 4.69) is 92.1 Å². The Morgan fingerprint density at radius 3 is 1.45 bits per heavy atom. The standard InChI is InChI=1S/C53H88N2O10/c1-7-9-11-13-15-17-19-21-23-25-27-29-31-33-35-37-47(56)62-43-46(65-50(59)38-36-34-32-30-28-26-24-22-20-18-16-14-12-10-8-2)44-63-48(57)39-41-54-52(61)51(60)53(3,4)45-64-49(58)40-42-55(5)6/h9-12,15-18,21-24,46,51,60H,7-8,13-14,19-20,25-45H2,1-6H3,(H,54,61)/b11-9-,12-10-,17-15-,18-16-,23-21-,24-22-/t46?,51-/m0/s1. The lowest BCUT2D eigenvalue weighted by atomic mass is 9.87. The fraction of sp³-hybridized carbons (Fsp3) is 0.679. The molecule has 0 saturated heterocycles. The van der Waals surface area contributed by atoms with E-state index >= 15 is 0 Å². The van der Waals surface area contributed by atoms with Crippen LogP contribution in [-0.2, 0) is 42.9 Å². The summed E-state index contributed by atoms with van der Waals surface area (Å²) >= 11 is 0. The van der Waals surface area contributed by atoms with E-state index in [0.717, 1.165) is 103 Å². The molecule has 12 nitrogen and oxygen atoms in total. The number of hydrogen-bond acceptors (Lipinski definition) is 11. The number of esters is 4. The number of nitrogens with one attached hydrogen (secondary N) is 1. The zero-order chi connectivity index (χ0) is 48.2. The summed E-state index contributed by atoms with van der Waals surface area (Å²) in [6.45, 7) is 7.13. The Labute approximate surface area is 393 Å². The molecule has 0 saturated carbocycles. The Morgan fingerprint density at radius 1 is 0.538 bits per heavy atom. The van der Waals surface area contributed by atoms with Crippen molar-refractivity contribution in [1.82, 2.24) is 10.2 Å². The van der Waals surface area contributed by atoms with Crippen molar-refractivity contribution in [1.29, 1.82) is 0 Å². The first-order chi connectivity index (χ1) is 31.3. The summed E-state index contributed by atoms with van der Waals surface area (Å²) in [6.07, 6.45) is 41.8. The number of aliphatic hydroxyl groups excluding tert-OH is 1. The van der Waals surface area contributed by atoms with Crippen LogP contribution in [0.1, 0.15) is 169 Å². The van der Waals surface area contributed by atoms with Crippen molar-refractivity contribution in [3.63, 3.8) is 0 Å². The van der Waals surface area contributed by atoms with Crippen molar-refractivity contribution >= 4 is 29.8 Å². The molecular weight excluding hydrogens is 825 g/mol. The Hall–Kier alpha value is -4.29. The monoisotopic (exact) mass is 913 g/mol. The molecule has 0 aromatic carbocycles. The lowest BCUT2D eigenvalue weighted by Gasteiger charge is -2.29. The van der Waals surface area contributed by atoms with Crippen LogP contribution in [0.3, 0.4) is 0 Å². The molecule has 0 rings (SSSR count). The third kappa shape index (κ3) is 39.8. The number of allylic oxidation sites excluding steroid dienone is 12. The minimum Gasteiger partial charge on any atom is -0.465 e. The second kappa shape index (κ2) is 42.4. The molecule has 0 bridgehead atoms. The molecule has 0 aliphatic heterocycles. The number of aliphatic hydroxyl groups is 1. The van der Waals surface area contributed by atoms with Crippen LogP contribution in [0.25, 0.3) is 0 Å². The molecule has 1 unspecified atom stereocenters. The summed E-state index contributed by atoms with van der Waals surface area (Å²) in [6, 6.07) is 0. The fourth-order valence-corrected chi connectivity index (χ4v) is 6.13. The first kappa shape index (κ1) is 60.7. The summed E-state index contributed by atoms with van der Waals surface area (Å²) in [5.74, 6) is -2.69. The number of carbonyl (C=O) groups excluding carboxylic acids is 5. The van der Waals surface area contributed by atoms with E-state index in [1.54, 1.807) is 13.8 Å². The Bertz CT molecular complexity index is 1450.